The van der Waals surface area contributed by atoms with Crippen molar-refractivity contribution in [3.8, 4) is 11.5 Å². The van der Waals surface area contributed by atoms with Gasteiger partial charge in [-0.25, -0.2) is 0 Å². The second kappa shape index (κ2) is 6.84. The van der Waals surface area contributed by atoms with Crippen LogP contribution < -0.4 is 14.8 Å². The van der Waals surface area contributed by atoms with Crippen LogP contribution >= 0.6 is 0 Å². The molecule has 7 heteroatoms. The van der Waals surface area contributed by atoms with Crippen molar-refractivity contribution in [2.45, 2.75) is 6.36 Å². The summed E-state index contributed by atoms with van der Waals surface area (Å²) in [5, 5.41) is 2.44. The van der Waals surface area contributed by atoms with Crippen LogP contribution in [0, 0.1) is 0 Å². The summed E-state index contributed by atoms with van der Waals surface area (Å²) in [4.78, 5) is 11.7. The van der Waals surface area contributed by atoms with Gasteiger partial charge in [0.15, 0.2) is 18.2 Å². The van der Waals surface area contributed by atoms with Gasteiger partial charge in [0.1, 0.15) is 0 Å². The van der Waals surface area contributed by atoms with E-state index in [1.54, 1.807) is 30.3 Å². The molecule has 0 aliphatic rings. The van der Waals surface area contributed by atoms with Crippen molar-refractivity contribution in [1.29, 1.82) is 0 Å². The number of carbonyl (C=O) groups excluding carboxylic acids is 1. The molecule has 0 unspecified atom stereocenters. The number of alkyl halides is 3. The first-order valence-corrected chi connectivity index (χ1v) is 6.26. The fourth-order valence-electron chi connectivity index (χ4n) is 1.65. The highest BCUT2D eigenvalue weighted by Gasteiger charge is 2.32. The number of benzene rings is 2. The van der Waals surface area contributed by atoms with Crippen molar-refractivity contribution in [1.82, 2.24) is 5.32 Å². The molecule has 2 rings (SSSR count). The predicted molar refractivity (Wildman–Crippen MR) is 72.5 cm³/mol. The maximum absolute atomic E-state index is 12.2. The van der Waals surface area contributed by atoms with E-state index in [4.69, 9.17) is 4.74 Å². The lowest BCUT2D eigenvalue weighted by Gasteiger charge is -2.14. The first-order chi connectivity index (χ1) is 10.5. The number of rotatable bonds is 5. The Hall–Kier alpha value is -2.70. The minimum Gasteiger partial charge on any atom is -0.469 e. The topological polar surface area (TPSA) is 47.6 Å². The van der Waals surface area contributed by atoms with Crippen LogP contribution in [0.15, 0.2) is 54.6 Å². The molecule has 0 aliphatic heterocycles. The Morgan fingerprint density at radius 1 is 0.955 bits per heavy atom. The highest BCUT2D eigenvalue weighted by molar-refractivity contribution is 5.93. The fraction of sp³-hybridized carbons (Fsp3) is 0.133. The van der Waals surface area contributed by atoms with Gasteiger partial charge < -0.3 is 14.8 Å². The molecule has 0 fully saturated rings. The van der Waals surface area contributed by atoms with Gasteiger partial charge in [-0.15, -0.1) is 13.2 Å². The van der Waals surface area contributed by atoms with E-state index in [-0.39, 0.29) is 12.5 Å². The van der Waals surface area contributed by atoms with Crippen LogP contribution in [0.3, 0.4) is 0 Å². The lowest BCUT2D eigenvalue weighted by Crippen LogP contribution is -2.28. The van der Waals surface area contributed by atoms with E-state index in [1.807, 2.05) is 0 Å². The van der Waals surface area contributed by atoms with E-state index < -0.39 is 18.0 Å². The molecule has 116 valence electrons. The normalized spacial score (nSPS) is 10.9. The van der Waals surface area contributed by atoms with Crippen LogP contribution in [0.25, 0.3) is 0 Å². The molecular weight excluding hydrogens is 299 g/mol. The van der Waals surface area contributed by atoms with E-state index in [2.05, 4.69) is 10.1 Å². The minimum absolute atomic E-state index is 0.117. The zero-order valence-electron chi connectivity index (χ0n) is 11.3. The molecule has 2 aromatic rings. The van der Waals surface area contributed by atoms with Crippen molar-refractivity contribution >= 4 is 5.91 Å². The van der Waals surface area contributed by atoms with E-state index >= 15 is 0 Å². The van der Waals surface area contributed by atoms with Crippen LogP contribution in [-0.4, -0.2) is 19.0 Å². The molecule has 4 nitrogen and oxygen atoms in total. The molecule has 22 heavy (non-hydrogen) atoms. The third kappa shape index (κ3) is 4.69. The summed E-state index contributed by atoms with van der Waals surface area (Å²) in [5.74, 6) is -0.980. The van der Waals surface area contributed by atoms with Gasteiger partial charge in [-0.05, 0) is 24.3 Å². The van der Waals surface area contributed by atoms with Crippen LogP contribution in [-0.2, 0) is 0 Å². The van der Waals surface area contributed by atoms with Gasteiger partial charge in [0.05, 0.1) is 0 Å². The van der Waals surface area contributed by atoms with Gasteiger partial charge in [0, 0.05) is 5.56 Å². The van der Waals surface area contributed by atoms with Gasteiger partial charge in [-0.2, -0.15) is 0 Å². The molecule has 0 bridgehead atoms. The highest BCUT2D eigenvalue weighted by atomic mass is 19.4. The molecule has 1 amide bonds. The summed E-state index contributed by atoms with van der Waals surface area (Å²) in [6.07, 6.45) is -4.81. The monoisotopic (exact) mass is 311 g/mol. The standard InChI is InChI=1S/C15H12F3NO3/c16-15(17,18)22-13-9-5-4-8-12(13)21-10-19-14(20)11-6-2-1-3-7-11/h1-9H,10H2,(H,19,20). The SMILES string of the molecule is O=C(NCOc1ccccc1OC(F)(F)F)c1ccccc1. The van der Waals surface area contributed by atoms with Crippen LogP contribution in [0.5, 0.6) is 11.5 Å². The summed E-state index contributed by atoms with van der Waals surface area (Å²) in [6.45, 7) is -0.286. The van der Waals surface area contributed by atoms with Crippen LogP contribution in [0.2, 0.25) is 0 Å². The Labute approximate surface area is 124 Å². The van der Waals surface area contributed by atoms with Gasteiger partial charge in [0.2, 0.25) is 0 Å². The van der Waals surface area contributed by atoms with Crippen molar-refractivity contribution in [3.05, 3.63) is 60.2 Å². The van der Waals surface area contributed by atoms with Gasteiger partial charge in [0.25, 0.3) is 5.91 Å². The maximum atomic E-state index is 12.2. The molecule has 0 aliphatic carbocycles. The molecular formula is C15H12F3NO3. The first kappa shape index (κ1) is 15.7. The van der Waals surface area contributed by atoms with Crippen LogP contribution in [0.1, 0.15) is 10.4 Å². The molecule has 0 saturated carbocycles. The largest absolute Gasteiger partial charge is 0.573 e. The molecule has 0 heterocycles. The van der Waals surface area contributed by atoms with Gasteiger partial charge in [-0.3, -0.25) is 4.79 Å². The van der Waals surface area contributed by atoms with Gasteiger partial charge >= 0.3 is 6.36 Å². The van der Waals surface area contributed by atoms with Crippen LogP contribution in [0.4, 0.5) is 13.2 Å². The number of ether oxygens (including phenoxy) is 2. The number of hydrogen-bond donors (Lipinski definition) is 1. The third-order valence-electron chi connectivity index (χ3n) is 2.57. The van der Waals surface area contributed by atoms with E-state index in [1.165, 1.54) is 18.2 Å². The molecule has 0 saturated heterocycles. The molecule has 1 N–H and O–H groups in total. The summed E-state index contributed by atoms with van der Waals surface area (Å²) in [7, 11) is 0. The third-order valence-corrected chi connectivity index (χ3v) is 2.57. The van der Waals surface area contributed by atoms with Crippen molar-refractivity contribution in [2.24, 2.45) is 0 Å². The number of hydrogen-bond acceptors (Lipinski definition) is 3. The lowest BCUT2D eigenvalue weighted by atomic mass is 10.2. The molecule has 0 radical (unpaired) electrons. The maximum Gasteiger partial charge on any atom is 0.573 e. The summed E-state index contributed by atoms with van der Waals surface area (Å²) >= 11 is 0. The lowest BCUT2D eigenvalue weighted by molar-refractivity contribution is -0.275. The average molecular weight is 311 g/mol. The van der Waals surface area contributed by atoms with E-state index in [0.717, 1.165) is 6.07 Å². The Kier molecular flexibility index (Phi) is 4.88. The molecule has 0 atom stereocenters. The number of amides is 1. The number of nitrogens with one attached hydrogen (secondary N) is 1. The fourth-order valence-corrected chi connectivity index (χ4v) is 1.65. The molecule has 0 aromatic heterocycles. The summed E-state index contributed by atoms with van der Waals surface area (Å²) in [5.41, 5.74) is 0.422. The predicted octanol–water partition coefficient (Wildman–Crippen LogP) is 3.35. The number of halogens is 3. The van der Waals surface area contributed by atoms with E-state index in [9.17, 15) is 18.0 Å². The van der Waals surface area contributed by atoms with E-state index in [0.29, 0.717) is 5.56 Å². The van der Waals surface area contributed by atoms with Gasteiger partial charge in [-0.1, -0.05) is 30.3 Å². The van der Waals surface area contributed by atoms with Crippen molar-refractivity contribution < 1.29 is 27.4 Å². The zero-order valence-corrected chi connectivity index (χ0v) is 11.3. The number of para-hydroxylation sites is 2. The van der Waals surface area contributed by atoms with Crippen molar-refractivity contribution in [3.63, 3.8) is 0 Å². The number of carbonyl (C=O) groups is 1. The Balaban J connectivity index is 1.93. The Morgan fingerprint density at radius 2 is 1.55 bits per heavy atom. The average Bonchev–Trinajstić information content (AvgIpc) is 2.48. The smallest absolute Gasteiger partial charge is 0.469 e. The molecule has 0 spiro atoms. The summed E-state index contributed by atoms with van der Waals surface area (Å²) in [6, 6.07) is 13.7. The second-order valence-corrected chi connectivity index (χ2v) is 4.16. The minimum atomic E-state index is -4.81. The first-order valence-electron chi connectivity index (χ1n) is 6.26. The zero-order chi connectivity index (χ0) is 16.0. The highest BCUT2D eigenvalue weighted by Crippen LogP contribution is 2.31. The second-order valence-electron chi connectivity index (χ2n) is 4.16. The Morgan fingerprint density at radius 3 is 2.18 bits per heavy atom. The Bertz CT molecular complexity index is 629. The quantitative estimate of drug-likeness (QED) is 0.861. The molecule has 2 aromatic carbocycles. The van der Waals surface area contributed by atoms with Crippen molar-refractivity contribution in [2.75, 3.05) is 6.73 Å². The summed E-state index contributed by atoms with van der Waals surface area (Å²) < 4.78 is 45.7.